The van der Waals surface area contributed by atoms with E-state index in [1.807, 2.05) is 48.3 Å². The molecule has 0 aliphatic carbocycles. The van der Waals surface area contributed by atoms with Crippen LogP contribution < -0.4 is 10.2 Å². The van der Waals surface area contributed by atoms with E-state index in [1.165, 1.54) is 5.56 Å². The molecule has 1 aromatic carbocycles. The van der Waals surface area contributed by atoms with Gasteiger partial charge in [0, 0.05) is 19.8 Å². The van der Waals surface area contributed by atoms with E-state index in [9.17, 15) is 4.79 Å². The van der Waals surface area contributed by atoms with E-state index in [2.05, 4.69) is 32.6 Å². The van der Waals surface area contributed by atoms with Crippen molar-refractivity contribution in [1.82, 2.24) is 20.5 Å². The lowest BCUT2D eigenvalue weighted by molar-refractivity contribution is 0.0944. The van der Waals surface area contributed by atoms with Gasteiger partial charge in [0.05, 0.1) is 12.2 Å². The number of anilines is 1. The summed E-state index contributed by atoms with van der Waals surface area (Å²) in [6.07, 6.45) is 1.69. The molecule has 2 heterocycles. The molecule has 6 nitrogen and oxygen atoms in total. The van der Waals surface area contributed by atoms with Crippen LogP contribution in [0.5, 0.6) is 0 Å². The lowest BCUT2D eigenvalue weighted by Crippen LogP contribution is -2.25. The number of carbonyl (C=O) groups excluding carboxylic acids is 1. The van der Waals surface area contributed by atoms with Crippen molar-refractivity contribution < 1.29 is 4.79 Å². The van der Waals surface area contributed by atoms with Gasteiger partial charge < -0.3 is 10.2 Å². The number of pyridine rings is 1. The maximum Gasteiger partial charge on any atom is 0.272 e. The van der Waals surface area contributed by atoms with Gasteiger partial charge in [-0.05, 0) is 29.8 Å². The van der Waals surface area contributed by atoms with Crippen molar-refractivity contribution in [2.75, 3.05) is 11.9 Å². The third kappa shape index (κ3) is 4.60. The van der Waals surface area contributed by atoms with Crippen LogP contribution >= 0.6 is 0 Å². The highest BCUT2D eigenvalue weighted by Gasteiger charge is 2.10. The summed E-state index contributed by atoms with van der Waals surface area (Å²) in [4.78, 5) is 18.3. The summed E-state index contributed by atoms with van der Waals surface area (Å²) in [7, 11) is 1.94. The molecule has 3 rings (SSSR count). The number of nitrogens with one attached hydrogen (secondary N) is 1. The largest absolute Gasteiger partial charge is 0.354 e. The lowest BCUT2D eigenvalue weighted by Gasteiger charge is -2.17. The second-order valence-corrected chi connectivity index (χ2v) is 5.62. The zero-order chi connectivity index (χ0) is 17.5. The lowest BCUT2D eigenvalue weighted by atomic mass is 10.2. The van der Waals surface area contributed by atoms with Gasteiger partial charge in [0.2, 0.25) is 0 Å². The van der Waals surface area contributed by atoms with Gasteiger partial charge in [-0.25, -0.2) is 0 Å². The molecule has 0 fully saturated rings. The molecular weight excluding hydrogens is 314 g/mol. The minimum absolute atomic E-state index is 0.268. The highest BCUT2D eigenvalue weighted by atomic mass is 16.1. The van der Waals surface area contributed by atoms with Crippen LogP contribution in [-0.2, 0) is 13.1 Å². The Morgan fingerprint density at radius 2 is 1.80 bits per heavy atom. The molecule has 0 unspecified atom stereocenters. The monoisotopic (exact) mass is 333 g/mol. The summed E-state index contributed by atoms with van der Waals surface area (Å²) in [5.41, 5.74) is 2.26. The van der Waals surface area contributed by atoms with Gasteiger partial charge in [0.25, 0.3) is 5.91 Å². The molecule has 0 aliphatic rings. The maximum atomic E-state index is 12.1. The van der Waals surface area contributed by atoms with Crippen molar-refractivity contribution in [3.63, 3.8) is 0 Å². The zero-order valence-corrected chi connectivity index (χ0v) is 14.0. The summed E-state index contributed by atoms with van der Waals surface area (Å²) >= 11 is 0. The Balaban J connectivity index is 1.58. The summed E-state index contributed by atoms with van der Waals surface area (Å²) in [6, 6.07) is 19.2. The molecule has 0 saturated carbocycles. The SMILES string of the molecule is CN(Cc1ccccc1)c1ccc(C(=O)NCc2ccccn2)nn1. The van der Waals surface area contributed by atoms with Crippen molar-refractivity contribution in [1.29, 1.82) is 0 Å². The number of amides is 1. The van der Waals surface area contributed by atoms with E-state index in [0.29, 0.717) is 12.4 Å². The van der Waals surface area contributed by atoms with E-state index < -0.39 is 0 Å². The van der Waals surface area contributed by atoms with Crippen LogP contribution in [0.25, 0.3) is 0 Å². The fraction of sp³-hybridized carbons (Fsp3) is 0.158. The average molecular weight is 333 g/mol. The Labute approximate surface area is 146 Å². The summed E-state index contributed by atoms with van der Waals surface area (Å²) in [6.45, 7) is 1.08. The third-order valence-corrected chi connectivity index (χ3v) is 3.69. The first-order valence-corrected chi connectivity index (χ1v) is 7.99. The van der Waals surface area contributed by atoms with Crippen molar-refractivity contribution >= 4 is 11.7 Å². The predicted octanol–water partition coefficient (Wildman–Crippen LogP) is 2.44. The Kier molecular flexibility index (Phi) is 5.31. The highest BCUT2D eigenvalue weighted by Crippen LogP contribution is 2.11. The summed E-state index contributed by atoms with van der Waals surface area (Å²) in [5.74, 6) is 0.445. The number of benzene rings is 1. The molecule has 0 bridgehead atoms. The Morgan fingerprint density at radius 1 is 1.00 bits per heavy atom. The van der Waals surface area contributed by atoms with Gasteiger partial charge in [-0.2, -0.15) is 0 Å². The molecular formula is C19H19N5O. The molecule has 2 aromatic heterocycles. The van der Waals surface area contributed by atoms with Gasteiger partial charge in [-0.15, -0.1) is 10.2 Å². The molecule has 126 valence electrons. The minimum atomic E-state index is -0.268. The minimum Gasteiger partial charge on any atom is -0.354 e. The quantitative estimate of drug-likeness (QED) is 0.750. The van der Waals surface area contributed by atoms with Gasteiger partial charge in [-0.3, -0.25) is 9.78 Å². The summed E-state index contributed by atoms with van der Waals surface area (Å²) < 4.78 is 0. The van der Waals surface area contributed by atoms with Crippen molar-refractivity contribution in [2.45, 2.75) is 13.1 Å². The summed E-state index contributed by atoms with van der Waals surface area (Å²) in [5, 5.41) is 11.0. The maximum absolute atomic E-state index is 12.1. The zero-order valence-electron chi connectivity index (χ0n) is 14.0. The number of rotatable bonds is 6. The molecule has 0 aliphatic heterocycles. The van der Waals surface area contributed by atoms with Gasteiger partial charge in [-0.1, -0.05) is 36.4 Å². The molecule has 1 N–H and O–H groups in total. The molecule has 1 amide bonds. The Morgan fingerprint density at radius 3 is 2.48 bits per heavy atom. The Bertz CT molecular complexity index is 806. The van der Waals surface area contributed by atoms with Crippen molar-refractivity contribution in [3.05, 3.63) is 83.8 Å². The van der Waals surface area contributed by atoms with E-state index >= 15 is 0 Å². The molecule has 3 aromatic rings. The molecule has 25 heavy (non-hydrogen) atoms. The molecule has 0 spiro atoms. The highest BCUT2D eigenvalue weighted by molar-refractivity contribution is 5.92. The van der Waals surface area contributed by atoms with Gasteiger partial charge in [0.15, 0.2) is 11.5 Å². The number of nitrogens with zero attached hydrogens (tertiary/aromatic N) is 4. The van der Waals surface area contributed by atoms with E-state index in [4.69, 9.17) is 0 Å². The van der Waals surface area contributed by atoms with Gasteiger partial charge >= 0.3 is 0 Å². The van der Waals surface area contributed by atoms with Crippen LogP contribution in [0.3, 0.4) is 0 Å². The first kappa shape index (κ1) is 16.6. The van der Waals surface area contributed by atoms with Crippen LogP contribution in [0.2, 0.25) is 0 Å². The third-order valence-electron chi connectivity index (χ3n) is 3.69. The predicted molar refractivity (Wildman–Crippen MR) is 96.0 cm³/mol. The molecule has 0 saturated heterocycles. The first-order valence-electron chi connectivity index (χ1n) is 7.99. The Hall–Kier alpha value is -3.28. The first-order chi connectivity index (χ1) is 12.2. The number of aromatic nitrogens is 3. The van der Waals surface area contributed by atoms with Crippen LogP contribution in [0.1, 0.15) is 21.7 Å². The van der Waals surface area contributed by atoms with E-state index in [1.54, 1.807) is 18.3 Å². The smallest absolute Gasteiger partial charge is 0.272 e. The molecule has 6 heteroatoms. The van der Waals surface area contributed by atoms with E-state index in [0.717, 1.165) is 12.2 Å². The topological polar surface area (TPSA) is 71.0 Å². The van der Waals surface area contributed by atoms with Crippen LogP contribution in [0.15, 0.2) is 66.9 Å². The fourth-order valence-corrected chi connectivity index (χ4v) is 2.35. The van der Waals surface area contributed by atoms with Gasteiger partial charge in [0.1, 0.15) is 0 Å². The number of hydrogen-bond acceptors (Lipinski definition) is 5. The van der Waals surface area contributed by atoms with Crippen molar-refractivity contribution in [2.24, 2.45) is 0 Å². The number of hydrogen-bond donors (Lipinski definition) is 1. The second kappa shape index (κ2) is 8.01. The average Bonchev–Trinajstić information content (AvgIpc) is 2.68. The molecule has 0 atom stereocenters. The van der Waals surface area contributed by atoms with Crippen LogP contribution in [0.4, 0.5) is 5.82 Å². The van der Waals surface area contributed by atoms with Crippen LogP contribution in [0, 0.1) is 0 Å². The normalized spacial score (nSPS) is 10.3. The standard InChI is InChI=1S/C19H19N5O/c1-24(14-15-7-3-2-4-8-15)18-11-10-17(22-23-18)19(25)21-13-16-9-5-6-12-20-16/h2-12H,13-14H2,1H3,(H,21,25). The van der Waals surface area contributed by atoms with E-state index in [-0.39, 0.29) is 11.6 Å². The second-order valence-electron chi connectivity index (χ2n) is 5.62. The molecule has 0 radical (unpaired) electrons. The fourth-order valence-electron chi connectivity index (χ4n) is 2.35. The number of carbonyl (C=O) groups is 1. The van der Waals surface area contributed by atoms with Crippen molar-refractivity contribution in [3.8, 4) is 0 Å². The van der Waals surface area contributed by atoms with Crippen LogP contribution in [-0.4, -0.2) is 28.1 Å².